The van der Waals surface area contributed by atoms with Crippen molar-refractivity contribution in [3.63, 3.8) is 0 Å². The van der Waals surface area contributed by atoms with Crippen molar-refractivity contribution in [2.45, 2.75) is 13.1 Å². The van der Waals surface area contributed by atoms with E-state index in [1.807, 2.05) is 28.1 Å². The minimum absolute atomic E-state index is 0.164. The van der Waals surface area contributed by atoms with E-state index >= 15 is 0 Å². The summed E-state index contributed by atoms with van der Waals surface area (Å²) in [6.45, 7) is 4.78. The van der Waals surface area contributed by atoms with Crippen molar-refractivity contribution >= 4 is 39.9 Å². The molecule has 0 bridgehead atoms. The SMILES string of the molecule is O=C(/C=C/c1c(Cl)nc2sccn12)NCc1ccccc1CN1CCOCC1. The predicted molar refractivity (Wildman–Crippen MR) is 111 cm³/mol. The normalized spacial score (nSPS) is 15.5. The Bertz CT molecular complexity index is 991. The van der Waals surface area contributed by atoms with E-state index in [9.17, 15) is 4.79 Å². The first-order valence-corrected chi connectivity index (χ1v) is 10.4. The number of morpholine rings is 1. The van der Waals surface area contributed by atoms with E-state index in [-0.39, 0.29) is 5.91 Å². The fourth-order valence-electron chi connectivity index (χ4n) is 3.21. The highest BCUT2D eigenvalue weighted by Crippen LogP contribution is 2.22. The van der Waals surface area contributed by atoms with Gasteiger partial charge in [-0.2, -0.15) is 0 Å². The Labute approximate surface area is 172 Å². The number of nitrogens with one attached hydrogen (secondary N) is 1. The molecule has 8 heteroatoms. The summed E-state index contributed by atoms with van der Waals surface area (Å²) >= 11 is 7.66. The van der Waals surface area contributed by atoms with Gasteiger partial charge in [-0.05, 0) is 17.2 Å². The molecule has 1 aliphatic rings. The average molecular weight is 417 g/mol. The molecule has 0 atom stereocenters. The summed E-state index contributed by atoms with van der Waals surface area (Å²) in [4.78, 5) is 19.7. The molecule has 2 aromatic heterocycles. The molecule has 3 aromatic rings. The van der Waals surface area contributed by atoms with Crippen molar-refractivity contribution in [1.29, 1.82) is 0 Å². The molecule has 146 valence electrons. The Kier molecular flexibility index (Phi) is 6.07. The summed E-state index contributed by atoms with van der Waals surface area (Å²) < 4.78 is 7.28. The van der Waals surface area contributed by atoms with Crippen LogP contribution in [-0.2, 0) is 22.6 Å². The molecule has 4 rings (SSSR count). The van der Waals surface area contributed by atoms with Gasteiger partial charge in [-0.3, -0.25) is 14.1 Å². The lowest BCUT2D eigenvalue weighted by Gasteiger charge is -2.27. The Morgan fingerprint density at radius 2 is 2.07 bits per heavy atom. The molecule has 1 amide bonds. The summed E-state index contributed by atoms with van der Waals surface area (Å²) in [5.74, 6) is -0.164. The van der Waals surface area contributed by atoms with Gasteiger partial charge in [0.2, 0.25) is 5.91 Å². The summed E-state index contributed by atoms with van der Waals surface area (Å²) in [5.41, 5.74) is 3.06. The van der Waals surface area contributed by atoms with E-state index in [1.165, 1.54) is 23.0 Å². The largest absolute Gasteiger partial charge is 0.379 e. The maximum absolute atomic E-state index is 12.3. The van der Waals surface area contributed by atoms with Gasteiger partial charge in [0.1, 0.15) is 0 Å². The quantitative estimate of drug-likeness (QED) is 0.627. The van der Waals surface area contributed by atoms with Crippen LogP contribution in [0, 0.1) is 0 Å². The van der Waals surface area contributed by atoms with Crippen molar-refractivity contribution in [2.75, 3.05) is 26.3 Å². The van der Waals surface area contributed by atoms with Crippen LogP contribution >= 0.6 is 22.9 Å². The van der Waals surface area contributed by atoms with Crippen molar-refractivity contribution < 1.29 is 9.53 Å². The van der Waals surface area contributed by atoms with E-state index < -0.39 is 0 Å². The second-order valence-electron chi connectivity index (χ2n) is 6.55. The topological polar surface area (TPSA) is 58.9 Å². The summed E-state index contributed by atoms with van der Waals surface area (Å²) in [6.07, 6.45) is 5.08. The number of halogens is 1. The van der Waals surface area contributed by atoms with E-state index in [0.717, 1.165) is 43.4 Å². The van der Waals surface area contributed by atoms with E-state index in [0.29, 0.717) is 17.4 Å². The van der Waals surface area contributed by atoms with Crippen molar-refractivity contribution in [1.82, 2.24) is 19.6 Å². The lowest BCUT2D eigenvalue weighted by Crippen LogP contribution is -2.36. The van der Waals surface area contributed by atoms with Gasteiger partial charge < -0.3 is 10.1 Å². The van der Waals surface area contributed by atoms with Crippen LogP contribution in [0.2, 0.25) is 5.15 Å². The second kappa shape index (κ2) is 8.87. The van der Waals surface area contributed by atoms with E-state index in [4.69, 9.17) is 16.3 Å². The number of hydrogen-bond acceptors (Lipinski definition) is 5. The number of carbonyl (C=O) groups is 1. The van der Waals surface area contributed by atoms with Crippen LogP contribution < -0.4 is 5.32 Å². The molecule has 0 radical (unpaired) electrons. The van der Waals surface area contributed by atoms with Crippen LogP contribution in [0.25, 0.3) is 11.0 Å². The van der Waals surface area contributed by atoms with Gasteiger partial charge in [0.05, 0.1) is 18.9 Å². The van der Waals surface area contributed by atoms with Crippen molar-refractivity contribution in [2.24, 2.45) is 0 Å². The summed E-state index contributed by atoms with van der Waals surface area (Å²) in [6, 6.07) is 8.21. The van der Waals surface area contributed by atoms with Crippen LogP contribution in [-0.4, -0.2) is 46.5 Å². The zero-order chi connectivity index (χ0) is 19.3. The third-order valence-electron chi connectivity index (χ3n) is 4.72. The molecule has 6 nitrogen and oxygen atoms in total. The highest BCUT2D eigenvalue weighted by molar-refractivity contribution is 7.15. The Morgan fingerprint density at radius 1 is 1.29 bits per heavy atom. The number of fused-ring (bicyclic) bond motifs is 1. The van der Waals surface area contributed by atoms with Gasteiger partial charge in [0.25, 0.3) is 0 Å². The molecule has 0 saturated carbocycles. The van der Waals surface area contributed by atoms with E-state index in [2.05, 4.69) is 27.3 Å². The van der Waals surface area contributed by atoms with Gasteiger partial charge in [-0.25, -0.2) is 4.98 Å². The first-order valence-electron chi connectivity index (χ1n) is 9.14. The third kappa shape index (κ3) is 4.44. The number of aromatic nitrogens is 2. The molecule has 3 heterocycles. The van der Waals surface area contributed by atoms with Gasteiger partial charge in [0, 0.05) is 43.8 Å². The van der Waals surface area contributed by atoms with Crippen molar-refractivity contribution in [3.8, 4) is 0 Å². The Hall–Kier alpha value is -2.19. The first kappa shape index (κ1) is 19.1. The maximum Gasteiger partial charge on any atom is 0.244 e. The summed E-state index contributed by atoms with van der Waals surface area (Å²) in [5, 5.41) is 5.29. The smallest absolute Gasteiger partial charge is 0.244 e. The van der Waals surface area contributed by atoms with Crippen LogP contribution in [0.3, 0.4) is 0 Å². The minimum Gasteiger partial charge on any atom is -0.379 e. The lowest BCUT2D eigenvalue weighted by molar-refractivity contribution is -0.116. The molecular formula is C20H21ClN4O2S. The number of nitrogens with zero attached hydrogens (tertiary/aromatic N) is 3. The monoisotopic (exact) mass is 416 g/mol. The molecule has 1 aromatic carbocycles. The standard InChI is InChI=1S/C20H21ClN4O2S/c21-19-17(25-9-12-28-20(25)23-19)5-6-18(26)22-13-15-3-1-2-4-16(15)14-24-7-10-27-11-8-24/h1-6,9,12H,7-8,10-11,13-14H2,(H,22,26)/b6-5+. The third-order valence-corrected chi connectivity index (χ3v) is 5.75. The zero-order valence-electron chi connectivity index (χ0n) is 15.3. The molecule has 1 aliphatic heterocycles. The highest BCUT2D eigenvalue weighted by Gasteiger charge is 2.13. The maximum atomic E-state index is 12.3. The van der Waals surface area contributed by atoms with Crippen molar-refractivity contribution in [3.05, 3.63) is 63.9 Å². The highest BCUT2D eigenvalue weighted by atomic mass is 35.5. The number of hydrogen-bond donors (Lipinski definition) is 1. The molecule has 1 saturated heterocycles. The number of rotatable bonds is 6. The van der Waals surface area contributed by atoms with Crippen LogP contribution in [0.15, 0.2) is 41.9 Å². The van der Waals surface area contributed by atoms with Crippen LogP contribution in [0.1, 0.15) is 16.8 Å². The first-order chi connectivity index (χ1) is 13.7. The summed E-state index contributed by atoms with van der Waals surface area (Å²) in [7, 11) is 0. The second-order valence-corrected chi connectivity index (χ2v) is 7.78. The number of thiazole rings is 1. The number of ether oxygens (including phenoxy) is 1. The molecule has 28 heavy (non-hydrogen) atoms. The van der Waals surface area contributed by atoms with Gasteiger partial charge in [-0.15, -0.1) is 11.3 Å². The molecule has 1 N–H and O–H groups in total. The fourth-order valence-corrected chi connectivity index (χ4v) is 4.21. The zero-order valence-corrected chi connectivity index (χ0v) is 16.9. The van der Waals surface area contributed by atoms with E-state index in [1.54, 1.807) is 6.08 Å². The lowest BCUT2D eigenvalue weighted by atomic mass is 10.1. The molecular weight excluding hydrogens is 396 g/mol. The molecule has 0 spiro atoms. The van der Waals surface area contributed by atoms with Crippen LogP contribution in [0.5, 0.6) is 0 Å². The Balaban J connectivity index is 1.38. The van der Waals surface area contributed by atoms with Gasteiger partial charge in [0.15, 0.2) is 10.1 Å². The molecule has 1 fully saturated rings. The van der Waals surface area contributed by atoms with Crippen LogP contribution in [0.4, 0.5) is 0 Å². The average Bonchev–Trinajstić information content (AvgIpc) is 3.27. The number of benzene rings is 1. The number of carbonyl (C=O) groups excluding carboxylic acids is 1. The molecule has 0 aliphatic carbocycles. The molecule has 0 unspecified atom stereocenters. The number of amides is 1. The van der Waals surface area contributed by atoms with Gasteiger partial charge in [-0.1, -0.05) is 35.9 Å². The minimum atomic E-state index is -0.164. The fraction of sp³-hybridized carbons (Fsp3) is 0.300. The van der Waals surface area contributed by atoms with Gasteiger partial charge >= 0.3 is 0 Å². The predicted octanol–water partition coefficient (Wildman–Crippen LogP) is 3.21. The Morgan fingerprint density at radius 3 is 2.89 bits per heavy atom. The number of imidazole rings is 1.